The molecule has 1 aliphatic heterocycles. The highest BCUT2D eigenvalue weighted by Gasteiger charge is 2.42. The summed E-state index contributed by atoms with van der Waals surface area (Å²) in [5, 5.41) is 0. The van der Waals surface area contributed by atoms with E-state index in [1.54, 1.807) is 12.4 Å². The Morgan fingerprint density at radius 1 is 1.00 bits per heavy atom. The third-order valence-electron chi connectivity index (χ3n) is 5.36. The van der Waals surface area contributed by atoms with E-state index in [4.69, 9.17) is 0 Å². The first-order valence-electron chi connectivity index (χ1n) is 7.65. The van der Waals surface area contributed by atoms with E-state index in [2.05, 4.69) is 19.8 Å². The van der Waals surface area contributed by atoms with E-state index in [1.165, 1.54) is 38.8 Å². The molecule has 1 aromatic heterocycles. The number of fused-ring (bicyclic) bond motifs is 2. The predicted molar refractivity (Wildman–Crippen MR) is 75.1 cm³/mol. The van der Waals surface area contributed by atoms with Gasteiger partial charge in [-0.1, -0.05) is 6.42 Å². The highest BCUT2D eigenvalue weighted by atomic mass is 15.3. The van der Waals surface area contributed by atoms with Gasteiger partial charge in [0.2, 0.25) is 0 Å². The lowest BCUT2D eigenvalue weighted by atomic mass is 9.93. The summed E-state index contributed by atoms with van der Waals surface area (Å²) >= 11 is 0. The normalized spacial score (nSPS) is 34.9. The molecule has 2 bridgehead atoms. The molecule has 1 saturated heterocycles. The second kappa shape index (κ2) is 4.75. The molecule has 0 spiro atoms. The van der Waals surface area contributed by atoms with Gasteiger partial charge < -0.3 is 4.90 Å². The van der Waals surface area contributed by atoms with E-state index in [0.29, 0.717) is 0 Å². The van der Waals surface area contributed by atoms with E-state index in [1.807, 2.05) is 6.20 Å². The van der Waals surface area contributed by atoms with Crippen LogP contribution in [-0.2, 0) is 0 Å². The van der Waals surface area contributed by atoms with Crippen molar-refractivity contribution >= 4 is 5.82 Å². The van der Waals surface area contributed by atoms with Gasteiger partial charge in [0.25, 0.3) is 0 Å². The summed E-state index contributed by atoms with van der Waals surface area (Å²) in [6.07, 6.45) is 11.4. The Morgan fingerprint density at radius 3 is 2.53 bits per heavy atom. The Hall–Kier alpha value is -1.16. The number of piperazine rings is 1. The van der Waals surface area contributed by atoms with E-state index >= 15 is 0 Å². The Kier molecular flexibility index (Phi) is 2.91. The Labute approximate surface area is 114 Å². The number of hydrogen-bond acceptors (Lipinski definition) is 4. The van der Waals surface area contributed by atoms with Crippen molar-refractivity contribution in [3.8, 4) is 0 Å². The fraction of sp³-hybridized carbons (Fsp3) is 0.733. The van der Waals surface area contributed by atoms with Crippen molar-refractivity contribution < 1.29 is 0 Å². The first kappa shape index (κ1) is 11.6. The SMILES string of the molecule is c1cnc(N2CCN([C@@H]3C[C@H]4CC[C@H]3C4)CC2)cn1. The molecular formula is C15H22N4. The number of aromatic nitrogens is 2. The quantitative estimate of drug-likeness (QED) is 0.809. The summed E-state index contributed by atoms with van der Waals surface area (Å²) in [6, 6.07) is 0.891. The zero-order valence-electron chi connectivity index (χ0n) is 11.4. The lowest BCUT2D eigenvalue weighted by Crippen LogP contribution is -2.52. The van der Waals surface area contributed by atoms with E-state index < -0.39 is 0 Å². The molecular weight excluding hydrogens is 236 g/mol. The third kappa shape index (κ3) is 2.12. The topological polar surface area (TPSA) is 32.3 Å². The first-order chi connectivity index (χ1) is 9.40. The molecule has 3 atom stereocenters. The number of hydrogen-bond donors (Lipinski definition) is 0. The summed E-state index contributed by atoms with van der Waals surface area (Å²) in [5.74, 6) is 3.09. The van der Waals surface area contributed by atoms with Gasteiger partial charge in [-0.15, -0.1) is 0 Å². The molecule has 102 valence electrons. The van der Waals surface area contributed by atoms with Crippen molar-refractivity contribution in [3.63, 3.8) is 0 Å². The van der Waals surface area contributed by atoms with Gasteiger partial charge in [-0.2, -0.15) is 0 Å². The van der Waals surface area contributed by atoms with Gasteiger partial charge in [0.05, 0.1) is 6.20 Å². The van der Waals surface area contributed by atoms with Crippen molar-refractivity contribution in [3.05, 3.63) is 18.6 Å². The standard InChI is InChI=1S/C15H22N4/c1-2-13-9-12(1)10-14(13)18-5-7-19(8-6-18)15-11-16-3-4-17-15/h3-4,11-14H,1-2,5-10H2/t12-,13-,14+/m0/s1. The Balaban J connectivity index is 1.38. The smallest absolute Gasteiger partial charge is 0.147 e. The van der Waals surface area contributed by atoms with Crippen LogP contribution in [0.25, 0.3) is 0 Å². The molecule has 4 nitrogen and oxygen atoms in total. The second-order valence-corrected chi connectivity index (χ2v) is 6.33. The molecule has 2 heterocycles. The highest BCUT2D eigenvalue weighted by molar-refractivity contribution is 5.35. The molecule has 3 aliphatic rings. The van der Waals surface area contributed by atoms with E-state index in [9.17, 15) is 0 Å². The Bertz CT molecular complexity index is 427. The largest absolute Gasteiger partial charge is 0.353 e. The number of anilines is 1. The van der Waals surface area contributed by atoms with Crippen LogP contribution in [0, 0.1) is 11.8 Å². The molecule has 0 amide bonds. The number of nitrogens with zero attached hydrogens (tertiary/aromatic N) is 4. The fourth-order valence-corrected chi connectivity index (χ4v) is 4.40. The summed E-state index contributed by atoms with van der Waals surface area (Å²) in [4.78, 5) is 13.7. The maximum absolute atomic E-state index is 4.41. The molecule has 3 fully saturated rings. The maximum atomic E-state index is 4.41. The minimum Gasteiger partial charge on any atom is -0.353 e. The molecule has 0 N–H and O–H groups in total. The van der Waals surface area contributed by atoms with Gasteiger partial charge in [-0.3, -0.25) is 9.88 Å². The zero-order chi connectivity index (χ0) is 12.7. The predicted octanol–water partition coefficient (Wildman–Crippen LogP) is 1.79. The van der Waals surface area contributed by atoms with Gasteiger partial charge in [-0.05, 0) is 31.1 Å². The van der Waals surface area contributed by atoms with Crippen LogP contribution in [0.1, 0.15) is 25.7 Å². The summed E-state index contributed by atoms with van der Waals surface area (Å²) in [5.41, 5.74) is 0. The number of rotatable bonds is 2. The molecule has 19 heavy (non-hydrogen) atoms. The van der Waals surface area contributed by atoms with Crippen LogP contribution >= 0.6 is 0 Å². The maximum Gasteiger partial charge on any atom is 0.147 e. The molecule has 2 aliphatic carbocycles. The van der Waals surface area contributed by atoms with Crippen LogP contribution < -0.4 is 4.90 Å². The average molecular weight is 258 g/mol. The molecule has 2 saturated carbocycles. The lowest BCUT2D eigenvalue weighted by Gasteiger charge is -2.41. The molecule has 1 aromatic rings. The summed E-state index contributed by atoms with van der Waals surface area (Å²) < 4.78 is 0. The van der Waals surface area contributed by atoms with Crippen LogP contribution in [0.3, 0.4) is 0 Å². The minimum atomic E-state index is 0.891. The van der Waals surface area contributed by atoms with Crippen LogP contribution in [0.5, 0.6) is 0 Å². The summed E-state index contributed by atoms with van der Waals surface area (Å²) in [6.45, 7) is 4.61. The molecule has 0 aromatic carbocycles. The van der Waals surface area contributed by atoms with E-state index in [-0.39, 0.29) is 0 Å². The highest BCUT2D eigenvalue weighted by Crippen LogP contribution is 2.46. The molecule has 0 radical (unpaired) electrons. The first-order valence-corrected chi connectivity index (χ1v) is 7.65. The minimum absolute atomic E-state index is 0.891. The van der Waals surface area contributed by atoms with Crippen LogP contribution in [-0.4, -0.2) is 47.1 Å². The Morgan fingerprint density at radius 2 is 1.89 bits per heavy atom. The van der Waals surface area contributed by atoms with Crippen LogP contribution in [0.2, 0.25) is 0 Å². The van der Waals surface area contributed by atoms with Gasteiger partial charge >= 0.3 is 0 Å². The molecule has 0 unspecified atom stereocenters. The second-order valence-electron chi connectivity index (χ2n) is 6.33. The van der Waals surface area contributed by atoms with Crippen LogP contribution in [0.15, 0.2) is 18.6 Å². The van der Waals surface area contributed by atoms with Crippen molar-refractivity contribution in [2.24, 2.45) is 11.8 Å². The average Bonchev–Trinajstić information content (AvgIpc) is 3.11. The van der Waals surface area contributed by atoms with Gasteiger partial charge in [-0.25, -0.2) is 4.98 Å². The molecule has 4 heteroatoms. The lowest BCUT2D eigenvalue weighted by molar-refractivity contribution is 0.134. The van der Waals surface area contributed by atoms with Crippen molar-refractivity contribution in [1.82, 2.24) is 14.9 Å². The zero-order valence-corrected chi connectivity index (χ0v) is 11.4. The van der Waals surface area contributed by atoms with E-state index in [0.717, 1.165) is 36.8 Å². The van der Waals surface area contributed by atoms with Crippen LogP contribution in [0.4, 0.5) is 5.82 Å². The van der Waals surface area contributed by atoms with Crippen molar-refractivity contribution in [2.45, 2.75) is 31.7 Å². The van der Waals surface area contributed by atoms with Crippen molar-refractivity contribution in [1.29, 1.82) is 0 Å². The monoisotopic (exact) mass is 258 g/mol. The third-order valence-corrected chi connectivity index (χ3v) is 5.36. The van der Waals surface area contributed by atoms with Gasteiger partial charge in [0.1, 0.15) is 5.82 Å². The van der Waals surface area contributed by atoms with Gasteiger partial charge in [0.15, 0.2) is 0 Å². The van der Waals surface area contributed by atoms with Gasteiger partial charge in [0, 0.05) is 44.6 Å². The summed E-state index contributed by atoms with van der Waals surface area (Å²) in [7, 11) is 0. The molecule has 4 rings (SSSR count). The fourth-order valence-electron chi connectivity index (χ4n) is 4.40. The van der Waals surface area contributed by atoms with Crippen molar-refractivity contribution in [2.75, 3.05) is 31.1 Å².